The second-order valence-corrected chi connectivity index (χ2v) is 7.51. The third kappa shape index (κ3) is 2.85. The molecule has 2 aromatic carbocycles. The molecular weight excluding hydrogens is 317 g/mol. The van der Waals surface area contributed by atoms with Crippen LogP contribution in [0.3, 0.4) is 0 Å². The molecule has 1 atom stereocenters. The molecule has 3 rings (SSSR count). The zero-order valence-electron chi connectivity index (χ0n) is 12.7. The first kappa shape index (κ1) is 15.6. The number of benzene rings is 2. The molecule has 0 aliphatic rings. The van der Waals surface area contributed by atoms with Crippen molar-refractivity contribution in [2.75, 3.05) is 6.26 Å². The van der Waals surface area contributed by atoms with Crippen LogP contribution in [0.25, 0.3) is 16.7 Å². The summed E-state index contributed by atoms with van der Waals surface area (Å²) in [6.07, 6.45) is 1.15. The Bertz CT molecular complexity index is 994. The van der Waals surface area contributed by atoms with Crippen molar-refractivity contribution in [2.24, 2.45) is 5.73 Å². The molecular formula is C16H16FN3O2S. The zero-order valence-corrected chi connectivity index (χ0v) is 13.5. The molecule has 3 aromatic rings. The Morgan fingerprint density at radius 1 is 1.22 bits per heavy atom. The third-order valence-corrected chi connectivity index (χ3v) is 4.66. The Labute approximate surface area is 133 Å². The molecule has 0 radical (unpaired) electrons. The summed E-state index contributed by atoms with van der Waals surface area (Å²) in [6.45, 7) is 1.77. The van der Waals surface area contributed by atoms with Crippen LogP contribution in [0.15, 0.2) is 47.4 Å². The summed E-state index contributed by atoms with van der Waals surface area (Å²) in [4.78, 5) is 4.59. The minimum absolute atomic E-state index is 0.203. The van der Waals surface area contributed by atoms with E-state index in [1.54, 1.807) is 35.8 Å². The van der Waals surface area contributed by atoms with Crippen LogP contribution in [0.1, 0.15) is 18.8 Å². The molecule has 1 aromatic heterocycles. The number of aromatic nitrogens is 2. The van der Waals surface area contributed by atoms with Crippen molar-refractivity contribution in [1.82, 2.24) is 9.55 Å². The van der Waals surface area contributed by atoms with Crippen LogP contribution in [0.2, 0.25) is 0 Å². The fourth-order valence-electron chi connectivity index (χ4n) is 2.50. The van der Waals surface area contributed by atoms with Crippen LogP contribution in [-0.4, -0.2) is 24.2 Å². The Morgan fingerprint density at radius 2 is 1.96 bits per heavy atom. The van der Waals surface area contributed by atoms with Gasteiger partial charge in [0, 0.05) is 18.0 Å². The van der Waals surface area contributed by atoms with Crippen LogP contribution in [0, 0.1) is 5.82 Å². The van der Waals surface area contributed by atoms with E-state index in [1.165, 1.54) is 18.2 Å². The number of imidazole rings is 1. The second-order valence-electron chi connectivity index (χ2n) is 5.50. The SMILES string of the molecule is CC(N)c1nc2cc(F)ccc2n1-c1cccc(S(C)(=O)=O)c1. The second kappa shape index (κ2) is 5.43. The number of rotatable bonds is 3. The number of hydrogen-bond acceptors (Lipinski definition) is 4. The Morgan fingerprint density at radius 3 is 2.61 bits per heavy atom. The molecule has 5 nitrogen and oxygen atoms in total. The van der Waals surface area contributed by atoms with Gasteiger partial charge in [-0.05, 0) is 37.3 Å². The minimum Gasteiger partial charge on any atom is -0.322 e. The number of nitrogens with two attached hydrogens (primary N) is 1. The van der Waals surface area contributed by atoms with Gasteiger partial charge in [0.05, 0.1) is 22.0 Å². The van der Waals surface area contributed by atoms with E-state index in [-0.39, 0.29) is 10.7 Å². The van der Waals surface area contributed by atoms with Crippen molar-refractivity contribution in [3.63, 3.8) is 0 Å². The van der Waals surface area contributed by atoms with Crippen LogP contribution in [-0.2, 0) is 9.84 Å². The lowest BCUT2D eigenvalue weighted by Gasteiger charge is -2.12. The summed E-state index contributed by atoms with van der Waals surface area (Å²) < 4.78 is 38.8. The highest BCUT2D eigenvalue weighted by molar-refractivity contribution is 7.90. The van der Waals surface area contributed by atoms with E-state index in [2.05, 4.69) is 4.98 Å². The molecule has 7 heteroatoms. The maximum atomic E-state index is 13.4. The number of nitrogens with zero attached hydrogens (tertiary/aromatic N) is 2. The molecule has 0 aliphatic heterocycles. The average Bonchev–Trinajstić information content (AvgIpc) is 2.85. The van der Waals surface area contributed by atoms with Gasteiger partial charge in [0.1, 0.15) is 11.6 Å². The van der Waals surface area contributed by atoms with E-state index >= 15 is 0 Å². The van der Waals surface area contributed by atoms with Crippen molar-refractivity contribution in [1.29, 1.82) is 0 Å². The number of fused-ring (bicyclic) bond motifs is 1. The molecule has 23 heavy (non-hydrogen) atoms. The molecule has 1 unspecified atom stereocenters. The van der Waals surface area contributed by atoms with Crippen molar-refractivity contribution in [2.45, 2.75) is 17.9 Å². The Kier molecular flexibility index (Phi) is 3.69. The Hall–Kier alpha value is -2.25. The van der Waals surface area contributed by atoms with Crippen molar-refractivity contribution < 1.29 is 12.8 Å². The monoisotopic (exact) mass is 333 g/mol. The Balaban J connectivity index is 2.33. The fraction of sp³-hybridized carbons (Fsp3) is 0.188. The lowest BCUT2D eigenvalue weighted by molar-refractivity contribution is 0.601. The maximum Gasteiger partial charge on any atom is 0.175 e. The standard InChI is InChI=1S/C16H16FN3O2S/c1-10(18)16-19-14-8-11(17)6-7-15(14)20(16)12-4-3-5-13(9-12)23(2,21)22/h3-10H,18H2,1-2H3. The summed E-state index contributed by atoms with van der Waals surface area (Å²) in [5.74, 6) is 0.152. The van der Waals surface area contributed by atoms with Gasteiger partial charge in [0.2, 0.25) is 0 Å². The highest BCUT2D eigenvalue weighted by Crippen LogP contribution is 2.26. The number of sulfone groups is 1. The number of halogens is 1. The molecule has 0 aliphatic carbocycles. The first-order valence-electron chi connectivity index (χ1n) is 7.01. The number of hydrogen-bond donors (Lipinski definition) is 1. The lowest BCUT2D eigenvalue weighted by Crippen LogP contribution is -2.12. The minimum atomic E-state index is -3.33. The summed E-state index contributed by atoms with van der Waals surface area (Å²) in [5.41, 5.74) is 7.75. The van der Waals surface area contributed by atoms with E-state index < -0.39 is 15.9 Å². The quantitative estimate of drug-likeness (QED) is 0.799. The van der Waals surface area contributed by atoms with Gasteiger partial charge in [0.15, 0.2) is 9.84 Å². The van der Waals surface area contributed by atoms with Gasteiger partial charge in [-0.15, -0.1) is 0 Å². The van der Waals surface area contributed by atoms with E-state index in [0.717, 1.165) is 6.26 Å². The van der Waals surface area contributed by atoms with Gasteiger partial charge >= 0.3 is 0 Å². The molecule has 1 heterocycles. The van der Waals surface area contributed by atoms with Crippen molar-refractivity contribution in [3.05, 3.63) is 54.1 Å². The summed E-state index contributed by atoms with van der Waals surface area (Å²) in [6, 6.07) is 10.4. The predicted molar refractivity (Wildman–Crippen MR) is 86.7 cm³/mol. The highest BCUT2D eigenvalue weighted by atomic mass is 32.2. The summed E-state index contributed by atoms with van der Waals surface area (Å²) >= 11 is 0. The summed E-state index contributed by atoms with van der Waals surface area (Å²) in [7, 11) is -3.33. The zero-order chi connectivity index (χ0) is 16.8. The third-order valence-electron chi connectivity index (χ3n) is 3.55. The van der Waals surface area contributed by atoms with Crippen LogP contribution >= 0.6 is 0 Å². The first-order chi connectivity index (χ1) is 10.8. The van der Waals surface area contributed by atoms with Crippen molar-refractivity contribution >= 4 is 20.9 Å². The normalized spacial score (nSPS) is 13.4. The molecule has 2 N–H and O–H groups in total. The fourth-order valence-corrected chi connectivity index (χ4v) is 3.16. The van der Waals surface area contributed by atoms with Gasteiger partial charge in [-0.3, -0.25) is 4.57 Å². The maximum absolute atomic E-state index is 13.4. The highest BCUT2D eigenvalue weighted by Gasteiger charge is 2.17. The molecule has 0 saturated carbocycles. The van der Waals surface area contributed by atoms with E-state index in [1.807, 2.05) is 0 Å². The van der Waals surface area contributed by atoms with Crippen LogP contribution in [0.5, 0.6) is 0 Å². The van der Waals surface area contributed by atoms with Crippen LogP contribution in [0.4, 0.5) is 4.39 Å². The topological polar surface area (TPSA) is 78.0 Å². The average molecular weight is 333 g/mol. The largest absolute Gasteiger partial charge is 0.322 e. The molecule has 0 bridgehead atoms. The van der Waals surface area contributed by atoms with E-state index in [0.29, 0.717) is 22.5 Å². The molecule has 0 saturated heterocycles. The van der Waals surface area contributed by atoms with E-state index in [4.69, 9.17) is 5.73 Å². The molecule has 0 amide bonds. The van der Waals surface area contributed by atoms with Gasteiger partial charge in [0.25, 0.3) is 0 Å². The van der Waals surface area contributed by atoms with Gasteiger partial charge in [-0.1, -0.05) is 6.07 Å². The molecule has 120 valence electrons. The van der Waals surface area contributed by atoms with Crippen LogP contribution < -0.4 is 5.73 Å². The first-order valence-corrected chi connectivity index (χ1v) is 8.90. The smallest absolute Gasteiger partial charge is 0.175 e. The lowest BCUT2D eigenvalue weighted by atomic mass is 10.2. The molecule has 0 spiro atoms. The van der Waals surface area contributed by atoms with Gasteiger partial charge in [-0.2, -0.15) is 0 Å². The van der Waals surface area contributed by atoms with E-state index in [9.17, 15) is 12.8 Å². The van der Waals surface area contributed by atoms with Gasteiger partial charge in [-0.25, -0.2) is 17.8 Å². The summed E-state index contributed by atoms with van der Waals surface area (Å²) in [5, 5.41) is 0. The van der Waals surface area contributed by atoms with Gasteiger partial charge < -0.3 is 5.73 Å². The predicted octanol–water partition coefficient (Wildman–Crippen LogP) is 2.59. The molecule has 0 fully saturated rings. The van der Waals surface area contributed by atoms with Crippen molar-refractivity contribution in [3.8, 4) is 5.69 Å².